The third-order valence-corrected chi connectivity index (χ3v) is 4.02. The van der Waals surface area contributed by atoms with Gasteiger partial charge >= 0.3 is 6.18 Å². The van der Waals surface area contributed by atoms with Crippen molar-refractivity contribution in [2.45, 2.75) is 46.5 Å². The Hall–Kier alpha value is -2.37. The monoisotopic (exact) mass is 366 g/mol. The van der Waals surface area contributed by atoms with Gasteiger partial charge in [-0.05, 0) is 44.0 Å². The predicted molar refractivity (Wildman–Crippen MR) is 96.0 cm³/mol. The Morgan fingerprint density at radius 2 is 1.85 bits per heavy atom. The average molecular weight is 366 g/mol. The van der Waals surface area contributed by atoms with Gasteiger partial charge in [-0.25, -0.2) is 9.37 Å². The molecule has 0 bridgehead atoms. The normalized spacial score (nSPS) is 14.3. The standard InChI is InChI=1S/C20H22F4N2/c1-4-5-6-19-18(12-7-14(2)20(22,23)24)25-15(3)26(19)17-10-8-16(13-21)9-11-17/h6-12H,4-5,13H2,1-3H3/b14-7+,18-12+,19-6-. The maximum absolute atomic E-state index is 12.7. The summed E-state index contributed by atoms with van der Waals surface area (Å²) in [4.78, 5) is 4.43. The summed E-state index contributed by atoms with van der Waals surface area (Å²) < 4.78 is 52.8. The highest BCUT2D eigenvalue weighted by Gasteiger charge is 2.29. The first-order valence-corrected chi connectivity index (χ1v) is 8.44. The molecule has 1 aromatic heterocycles. The van der Waals surface area contributed by atoms with E-state index in [1.165, 1.54) is 6.08 Å². The number of nitrogens with zero attached hydrogens (tertiary/aromatic N) is 2. The number of unbranched alkanes of at least 4 members (excludes halogenated alkanes) is 1. The van der Waals surface area contributed by atoms with Gasteiger partial charge in [-0.15, -0.1) is 0 Å². The molecule has 0 spiro atoms. The van der Waals surface area contributed by atoms with Crippen molar-refractivity contribution in [3.63, 3.8) is 0 Å². The van der Waals surface area contributed by atoms with Crippen LogP contribution >= 0.6 is 0 Å². The van der Waals surface area contributed by atoms with Gasteiger partial charge in [-0.3, -0.25) is 4.57 Å². The van der Waals surface area contributed by atoms with E-state index in [-0.39, 0.29) is 0 Å². The van der Waals surface area contributed by atoms with E-state index >= 15 is 0 Å². The zero-order valence-corrected chi connectivity index (χ0v) is 15.1. The van der Waals surface area contributed by atoms with Crippen molar-refractivity contribution in [1.29, 1.82) is 0 Å². The van der Waals surface area contributed by atoms with Crippen molar-refractivity contribution < 1.29 is 17.6 Å². The molecule has 0 N–H and O–H groups in total. The molecule has 6 heteroatoms. The molecule has 0 saturated carbocycles. The highest BCUT2D eigenvalue weighted by atomic mass is 19.4. The molecule has 0 aliphatic carbocycles. The van der Waals surface area contributed by atoms with Crippen LogP contribution in [0.1, 0.15) is 38.1 Å². The fraction of sp³-hybridized carbons (Fsp3) is 0.350. The second kappa shape index (κ2) is 8.34. The molecule has 0 fully saturated rings. The first-order chi connectivity index (χ1) is 12.3. The number of aryl methyl sites for hydroxylation is 1. The number of alkyl halides is 4. The molecular weight excluding hydrogens is 344 g/mol. The van der Waals surface area contributed by atoms with Crippen LogP contribution in [0.15, 0.2) is 35.9 Å². The summed E-state index contributed by atoms with van der Waals surface area (Å²) in [6.45, 7) is 4.31. The fourth-order valence-corrected chi connectivity index (χ4v) is 2.53. The van der Waals surface area contributed by atoms with E-state index in [4.69, 9.17) is 0 Å². The zero-order valence-electron chi connectivity index (χ0n) is 15.1. The summed E-state index contributed by atoms with van der Waals surface area (Å²) in [6, 6.07) is 6.95. The van der Waals surface area contributed by atoms with Gasteiger partial charge in [-0.1, -0.05) is 37.6 Å². The van der Waals surface area contributed by atoms with Gasteiger partial charge in [0.1, 0.15) is 12.5 Å². The van der Waals surface area contributed by atoms with Gasteiger partial charge in [0.05, 0.1) is 10.7 Å². The molecule has 0 saturated heterocycles. The summed E-state index contributed by atoms with van der Waals surface area (Å²) in [6.07, 6.45) is 1.72. The third-order valence-electron chi connectivity index (χ3n) is 4.02. The number of allylic oxidation sites excluding steroid dienone is 2. The van der Waals surface area contributed by atoms with Gasteiger partial charge < -0.3 is 0 Å². The number of halogens is 4. The number of rotatable bonds is 5. The van der Waals surface area contributed by atoms with E-state index in [9.17, 15) is 17.6 Å². The van der Waals surface area contributed by atoms with Crippen molar-refractivity contribution in [2.24, 2.45) is 0 Å². The van der Waals surface area contributed by atoms with E-state index in [0.717, 1.165) is 36.9 Å². The van der Waals surface area contributed by atoms with E-state index in [0.29, 0.717) is 16.7 Å². The molecule has 2 aromatic rings. The summed E-state index contributed by atoms with van der Waals surface area (Å²) in [5.41, 5.74) is 0.685. The summed E-state index contributed by atoms with van der Waals surface area (Å²) in [5, 5.41) is 1.22. The Kier molecular flexibility index (Phi) is 6.40. The van der Waals surface area contributed by atoms with Crippen LogP contribution in [-0.2, 0) is 6.67 Å². The van der Waals surface area contributed by atoms with Crippen LogP contribution in [0, 0.1) is 6.92 Å². The third kappa shape index (κ3) is 4.62. The molecule has 0 radical (unpaired) electrons. The minimum absolute atomic E-state index is 0.481. The number of hydrogen-bond acceptors (Lipinski definition) is 1. The van der Waals surface area contributed by atoms with Gasteiger partial charge in [0, 0.05) is 11.3 Å². The van der Waals surface area contributed by atoms with Crippen molar-refractivity contribution in [1.82, 2.24) is 9.55 Å². The van der Waals surface area contributed by atoms with Crippen molar-refractivity contribution in [2.75, 3.05) is 0 Å². The Balaban J connectivity index is 2.65. The molecule has 0 aliphatic rings. The van der Waals surface area contributed by atoms with Gasteiger partial charge in [0.25, 0.3) is 0 Å². The molecule has 0 atom stereocenters. The van der Waals surface area contributed by atoms with Crippen LogP contribution in [0.5, 0.6) is 0 Å². The fourth-order valence-electron chi connectivity index (χ4n) is 2.53. The van der Waals surface area contributed by atoms with Crippen LogP contribution in [0.3, 0.4) is 0 Å². The first kappa shape index (κ1) is 19.9. The Morgan fingerprint density at radius 1 is 1.19 bits per heavy atom. The van der Waals surface area contributed by atoms with Gasteiger partial charge in [0.15, 0.2) is 0 Å². The van der Waals surface area contributed by atoms with Crippen LogP contribution in [0.25, 0.3) is 17.8 Å². The van der Waals surface area contributed by atoms with Crippen molar-refractivity contribution >= 4 is 12.2 Å². The number of hydrogen-bond donors (Lipinski definition) is 0. The topological polar surface area (TPSA) is 17.8 Å². The van der Waals surface area contributed by atoms with Gasteiger partial charge in [0.2, 0.25) is 0 Å². The second-order valence-corrected chi connectivity index (χ2v) is 6.07. The molecule has 26 heavy (non-hydrogen) atoms. The van der Waals surface area contributed by atoms with Crippen LogP contribution < -0.4 is 10.7 Å². The smallest absolute Gasteiger partial charge is 0.297 e. The number of aromatic nitrogens is 2. The van der Waals surface area contributed by atoms with Crippen molar-refractivity contribution in [3.05, 3.63) is 58.0 Å². The lowest BCUT2D eigenvalue weighted by Gasteiger charge is -2.06. The summed E-state index contributed by atoms with van der Waals surface area (Å²) in [5.74, 6) is 0.657. The Morgan fingerprint density at radius 3 is 2.38 bits per heavy atom. The molecule has 140 valence electrons. The predicted octanol–water partition coefficient (Wildman–Crippen LogP) is 4.52. The SMILES string of the molecule is CCC/C=c1/c(=C\C=C(/C)C(F)(F)F)nc(C)n1-c1ccc(CF)cc1. The van der Waals surface area contributed by atoms with E-state index in [1.807, 2.05) is 17.6 Å². The van der Waals surface area contributed by atoms with Gasteiger partial charge in [-0.2, -0.15) is 13.2 Å². The van der Waals surface area contributed by atoms with Crippen LogP contribution in [-0.4, -0.2) is 15.7 Å². The van der Waals surface area contributed by atoms with E-state index in [1.54, 1.807) is 31.2 Å². The minimum atomic E-state index is -4.36. The summed E-state index contributed by atoms with van der Waals surface area (Å²) >= 11 is 0. The molecule has 0 aliphatic heterocycles. The van der Waals surface area contributed by atoms with E-state index < -0.39 is 18.4 Å². The van der Waals surface area contributed by atoms with Crippen LogP contribution in [0.4, 0.5) is 17.6 Å². The molecule has 1 heterocycles. The lowest BCUT2D eigenvalue weighted by molar-refractivity contribution is -0.0912. The molecule has 2 rings (SSSR count). The lowest BCUT2D eigenvalue weighted by atomic mass is 10.2. The molecule has 0 amide bonds. The highest BCUT2D eigenvalue weighted by Crippen LogP contribution is 2.24. The molecular formula is C20H22F4N2. The Bertz CT molecular complexity index is 888. The maximum atomic E-state index is 12.7. The lowest BCUT2D eigenvalue weighted by Crippen LogP contribution is -2.29. The Labute approximate surface area is 150 Å². The average Bonchev–Trinajstić information content (AvgIpc) is 2.92. The quantitative estimate of drug-likeness (QED) is 0.712. The van der Waals surface area contributed by atoms with Crippen molar-refractivity contribution in [3.8, 4) is 5.69 Å². The second-order valence-electron chi connectivity index (χ2n) is 6.07. The first-order valence-electron chi connectivity index (χ1n) is 8.44. The van der Waals surface area contributed by atoms with Crippen LogP contribution in [0.2, 0.25) is 0 Å². The number of imidazole rings is 1. The molecule has 2 nitrogen and oxygen atoms in total. The largest absolute Gasteiger partial charge is 0.412 e. The highest BCUT2D eigenvalue weighted by molar-refractivity contribution is 5.43. The number of benzene rings is 1. The summed E-state index contributed by atoms with van der Waals surface area (Å²) in [7, 11) is 0. The minimum Gasteiger partial charge on any atom is -0.297 e. The molecule has 1 aromatic carbocycles. The zero-order chi connectivity index (χ0) is 19.3. The maximum Gasteiger partial charge on any atom is 0.412 e. The molecule has 0 unspecified atom stereocenters. The van der Waals surface area contributed by atoms with E-state index in [2.05, 4.69) is 4.98 Å².